The number of carbonyl (C=O) groups is 1. The molecule has 0 radical (unpaired) electrons. The molecule has 1 amide bonds. The van der Waals surface area contributed by atoms with Gasteiger partial charge < -0.3 is 10.2 Å². The van der Waals surface area contributed by atoms with Gasteiger partial charge in [-0.1, -0.05) is 37.3 Å². The molecule has 2 aromatic carbocycles. The van der Waals surface area contributed by atoms with Gasteiger partial charge in [-0.3, -0.25) is 4.79 Å². The largest absolute Gasteiger partial charge is 0.346 e. The molecule has 0 spiro atoms. The van der Waals surface area contributed by atoms with Crippen LogP contribution in [0.4, 0.5) is 5.69 Å². The molecule has 1 atom stereocenters. The molecule has 1 aliphatic heterocycles. The van der Waals surface area contributed by atoms with Crippen molar-refractivity contribution < 1.29 is 13.2 Å². The summed E-state index contributed by atoms with van der Waals surface area (Å²) in [6, 6.07) is 14.2. The summed E-state index contributed by atoms with van der Waals surface area (Å²) in [6.45, 7) is 6.24. The Labute approximate surface area is 160 Å². The Morgan fingerprint density at radius 2 is 1.89 bits per heavy atom. The second-order valence-electron chi connectivity index (χ2n) is 6.55. The van der Waals surface area contributed by atoms with Gasteiger partial charge in [0.2, 0.25) is 0 Å². The Balaban J connectivity index is 1.91. The van der Waals surface area contributed by atoms with Crippen LogP contribution in [-0.2, 0) is 10.0 Å². The average molecular weight is 385 g/mol. The van der Waals surface area contributed by atoms with E-state index >= 15 is 0 Å². The number of hydrogen-bond donors (Lipinski definition) is 1. The van der Waals surface area contributed by atoms with Gasteiger partial charge in [0.15, 0.2) is 0 Å². The lowest BCUT2D eigenvalue weighted by Gasteiger charge is -2.29. The lowest BCUT2D eigenvalue weighted by Crippen LogP contribution is -2.35. The van der Waals surface area contributed by atoms with Crippen LogP contribution in [0, 0.1) is 0 Å². The minimum absolute atomic E-state index is 0.0709. The first-order valence-corrected chi connectivity index (χ1v) is 10.4. The topological polar surface area (TPSA) is 78.8 Å². The zero-order valence-corrected chi connectivity index (χ0v) is 16.5. The highest BCUT2D eigenvalue weighted by Crippen LogP contribution is 2.32. The van der Waals surface area contributed by atoms with Gasteiger partial charge in [-0.2, -0.15) is 8.42 Å². The number of sulfonamides is 1. The molecule has 0 unspecified atom stereocenters. The fourth-order valence-electron chi connectivity index (χ4n) is 3.14. The average Bonchev–Trinajstić information content (AvgIpc) is 2.65. The summed E-state index contributed by atoms with van der Waals surface area (Å²) in [6.07, 6.45) is 0.850. The number of benzene rings is 2. The van der Waals surface area contributed by atoms with E-state index in [1.54, 1.807) is 19.1 Å². The van der Waals surface area contributed by atoms with Crippen LogP contribution in [0.5, 0.6) is 0 Å². The number of amidine groups is 1. The van der Waals surface area contributed by atoms with E-state index in [-0.39, 0.29) is 16.8 Å². The summed E-state index contributed by atoms with van der Waals surface area (Å²) in [7, 11) is -3.81. The normalized spacial score (nSPS) is 16.3. The second-order valence-corrected chi connectivity index (χ2v) is 8.13. The minimum Gasteiger partial charge on any atom is -0.346 e. The van der Waals surface area contributed by atoms with Crippen molar-refractivity contribution in [1.82, 2.24) is 5.32 Å². The van der Waals surface area contributed by atoms with Crippen molar-refractivity contribution >= 4 is 27.5 Å². The summed E-state index contributed by atoms with van der Waals surface area (Å²) in [5.41, 5.74) is 1.84. The van der Waals surface area contributed by atoms with Crippen LogP contribution in [-0.4, -0.2) is 26.7 Å². The summed E-state index contributed by atoms with van der Waals surface area (Å²) in [5.74, 6) is 0.122. The van der Waals surface area contributed by atoms with Crippen molar-refractivity contribution in [3.8, 4) is 0 Å². The van der Waals surface area contributed by atoms with Crippen LogP contribution in [0.2, 0.25) is 0 Å². The number of nitrogens with one attached hydrogen (secondary N) is 1. The van der Waals surface area contributed by atoms with Gasteiger partial charge in [-0.25, -0.2) is 0 Å². The quantitative estimate of drug-likeness (QED) is 0.854. The summed E-state index contributed by atoms with van der Waals surface area (Å²) >= 11 is 0. The van der Waals surface area contributed by atoms with Crippen LogP contribution in [0.25, 0.3) is 0 Å². The van der Waals surface area contributed by atoms with Crippen LogP contribution < -0.4 is 10.2 Å². The van der Waals surface area contributed by atoms with Crippen molar-refractivity contribution in [3.05, 3.63) is 59.7 Å². The molecule has 0 saturated carbocycles. The summed E-state index contributed by atoms with van der Waals surface area (Å²) in [5, 5.41) is 2.91. The highest BCUT2D eigenvalue weighted by atomic mass is 32.2. The van der Waals surface area contributed by atoms with Crippen LogP contribution >= 0.6 is 0 Å². The monoisotopic (exact) mass is 385 g/mol. The fourth-order valence-corrected chi connectivity index (χ4v) is 4.41. The predicted octanol–water partition coefficient (Wildman–Crippen LogP) is 3.51. The maximum atomic E-state index is 12.6. The highest BCUT2D eigenvalue weighted by Gasteiger charge is 2.29. The van der Waals surface area contributed by atoms with Gasteiger partial charge in [0.25, 0.3) is 15.9 Å². The molecule has 1 heterocycles. The molecule has 2 aromatic rings. The highest BCUT2D eigenvalue weighted by molar-refractivity contribution is 7.90. The molecule has 0 bridgehead atoms. The Bertz CT molecular complexity index is 985. The maximum absolute atomic E-state index is 12.6. The third kappa shape index (κ3) is 3.88. The Morgan fingerprint density at radius 1 is 1.19 bits per heavy atom. The number of hydrogen-bond acceptors (Lipinski definition) is 4. The third-order valence-corrected chi connectivity index (χ3v) is 5.92. The predicted molar refractivity (Wildman–Crippen MR) is 107 cm³/mol. The van der Waals surface area contributed by atoms with E-state index in [9.17, 15) is 13.2 Å². The number of carbonyl (C=O) groups excluding carboxylic acids is 1. The van der Waals surface area contributed by atoms with E-state index in [1.807, 2.05) is 49.1 Å². The standard InChI is InChI=1S/C20H23N3O3S/c1-4-12-23-15(3)22-27(25,26)19-13-17(10-11-18(19)23)20(24)21-14(2)16-8-6-5-7-9-16/h5-11,13-14H,4,12H2,1-3H3,(H,21,24)/t14-/m0/s1. The molecule has 1 aliphatic rings. The van der Waals surface area contributed by atoms with E-state index in [4.69, 9.17) is 0 Å². The SMILES string of the molecule is CCCN1C(C)=NS(=O)(=O)c2cc(C(=O)N[C@@H](C)c3ccccc3)ccc21. The molecule has 1 N–H and O–H groups in total. The van der Waals surface area contributed by atoms with Crippen molar-refractivity contribution in [2.75, 3.05) is 11.4 Å². The van der Waals surface area contributed by atoms with Crippen molar-refractivity contribution in [1.29, 1.82) is 0 Å². The van der Waals surface area contributed by atoms with E-state index in [0.717, 1.165) is 12.0 Å². The van der Waals surface area contributed by atoms with Crippen LogP contribution in [0.1, 0.15) is 49.2 Å². The lowest BCUT2D eigenvalue weighted by molar-refractivity contribution is 0.0939. The molecule has 0 fully saturated rings. The Hall–Kier alpha value is -2.67. The molecule has 27 heavy (non-hydrogen) atoms. The van der Waals surface area contributed by atoms with Gasteiger partial charge >= 0.3 is 0 Å². The van der Waals surface area contributed by atoms with Crippen LogP contribution in [0.3, 0.4) is 0 Å². The van der Waals surface area contributed by atoms with Crippen molar-refractivity contribution in [2.45, 2.75) is 38.1 Å². The van der Waals surface area contributed by atoms with Gasteiger partial charge in [0.1, 0.15) is 10.7 Å². The smallest absolute Gasteiger partial charge is 0.286 e. The van der Waals surface area contributed by atoms with Gasteiger partial charge in [-0.05, 0) is 44.0 Å². The van der Waals surface area contributed by atoms with Gasteiger partial charge in [0, 0.05) is 12.1 Å². The van der Waals surface area contributed by atoms with E-state index < -0.39 is 10.0 Å². The molecule has 0 saturated heterocycles. The molecule has 6 nitrogen and oxygen atoms in total. The van der Waals surface area contributed by atoms with E-state index in [1.165, 1.54) is 6.07 Å². The number of fused-ring (bicyclic) bond motifs is 1. The molecular weight excluding hydrogens is 362 g/mol. The molecule has 0 aromatic heterocycles. The number of amides is 1. The first kappa shape index (κ1) is 19.1. The van der Waals surface area contributed by atoms with E-state index in [0.29, 0.717) is 23.6 Å². The first-order valence-electron chi connectivity index (χ1n) is 8.92. The molecule has 3 rings (SSSR count). The number of rotatable bonds is 5. The third-order valence-electron chi connectivity index (χ3n) is 4.53. The Morgan fingerprint density at radius 3 is 2.56 bits per heavy atom. The molecular formula is C20H23N3O3S. The van der Waals surface area contributed by atoms with Gasteiger partial charge in [0.05, 0.1) is 11.7 Å². The fraction of sp³-hybridized carbons (Fsp3) is 0.300. The van der Waals surface area contributed by atoms with Crippen LogP contribution in [0.15, 0.2) is 57.8 Å². The van der Waals surface area contributed by atoms with Crippen molar-refractivity contribution in [2.24, 2.45) is 4.40 Å². The zero-order valence-electron chi connectivity index (χ0n) is 15.6. The first-order chi connectivity index (χ1) is 12.8. The maximum Gasteiger partial charge on any atom is 0.286 e. The zero-order chi connectivity index (χ0) is 19.6. The number of nitrogens with zero attached hydrogens (tertiary/aromatic N) is 2. The lowest BCUT2D eigenvalue weighted by atomic mass is 10.1. The van der Waals surface area contributed by atoms with Gasteiger partial charge in [-0.15, -0.1) is 4.40 Å². The van der Waals surface area contributed by atoms with Crippen molar-refractivity contribution in [3.63, 3.8) is 0 Å². The minimum atomic E-state index is -3.81. The second kappa shape index (κ2) is 7.52. The molecule has 142 valence electrons. The summed E-state index contributed by atoms with van der Waals surface area (Å²) < 4.78 is 28.9. The molecule has 0 aliphatic carbocycles. The Kier molecular flexibility index (Phi) is 5.32. The van der Waals surface area contributed by atoms with E-state index in [2.05, 4.69) is 9.71 Å². The summed E-state index contributed by atoms with van der Waals surface area (Å²) in [4.78, 5) is 14.6. The number of anilines is 1. The molecule has 7 heteroatoms.